The maximum absolute atomic E-state index is 7.59. The second-order valence-corrected chi connectivity index (χ2v) is 3.90. The number of hydrogen-bond acceptors (Lipinski definition) is 1. The van der Waals surface area contributed by atoms with Crippen molar-refractivity contribution >= 4 is 0 Å². The molecule has 2 nitrogen and oxygen atoms in total. The third kappa shape index (κ3) is 2.48. The van der Waals surface area contributed by atoms with Crippen LogP contribution in [0.4, 0.5) is 0 Å². The summed E-state index contributed by atoms with van der Waals surface area (Å²) in [6.45, 7) is 0. The maximum Gasteiger partial charge on any atom is 0.119 e. The molecule has 0 unspecified atom stereocenters. The van der Waals surface area contributed by atoms with Gasteiger partial charge in [0.2, 0.25) is 0 Å². The SMILES string of the molecule is [NH]C1CCC(Oc2ccccc2)CC1. The molecule has 2 heteroatoms. The highest BCUT2D eigenvalue weighted by atomic mass is 16.5. The van der Waals surface area contributed by atoms with Gasteiger partial charge >= 0.3 is 0 Å². The van der Waals surface area contributed by atoms with Crippen molar-refractivity contribution in [1.29, 1.82) is 0 Å². The number of para-hydroxylation sites is 1. The first kappa shape index (κ1) is 9.53. The molecule has 1 aromatic rings. The minimum atomic E-state index is 0.144. The maximum atomic E-state index is 7.59. The predicted molar refractivity (Wildman–Crippen MR) is 56.2 cm³/mol. The molecule has 1 aliphatic rings. The van der Waals surface area contributed by atoms with Crippen molar-refractivity contribution in [2.45, 2.75) is 37.8 Å². The largest absolute Gasteiger partial charge is 0.490 e. The van der Waals surface area contributed by atoms with Crippen molar-refractivity contribution in [2.75, 3.05) is 0 Å². The van der Waals surface area contributed by atoms with E-state index in [2.05, 4.69) is 0 Å². The summed E-state index contributed by atoms with van der Waals surface area (Å²) in [7, 11) is 0. The smallest absolute Gasteiger partial charge is 0.119 e. The minimum Gasteiger partial charge on any atom is -0.490 e. The number of ether oxygens (including phenoxy) is 1. The molecule has 1 fully saturated rings. The summed E-state index contributed by atoms with van der Waals surface area (Å²) in [4.78, 5) is 0. The van der Waals surface area contributed by atoms with E-state index < -0.39 is 0 Å². The van der Waals surface area contributed by atoms with Gasteiger partial charge < -0.3 is 4.74 Å². The van der Waals surface area contributed by atoms with Crippen molar-refractivity contribution < 1.29 is 4.74 Å². The lowest BCUT2D eigenvalue weighted by Crippen LogP contribution is -2.27. The highest BCUT2D eigenvalue weighted by molar-refractivity contribution is 5.21. The molecular formula is C12H16NO. The van der Waals surface area contributed by atoms with Crippen LogP contribution in [0.25, 0.3) is 0 Å². The van der Waals surface area contributed by atoms with Crippen LogP contribution in [0.2, 0.25) is 0 Å². The molecule has 0 aliphatic heterocycles. The molecule has 1 aromatic carbocycles. The molecule has 0 heterocycles. The van der Waals surface area contributed by atoms with Gasteiger partial charge in [-0.1, -0.05) is 18.2 Å². The lowest BCUT2D eigenvalue weighted by molar-refractivity contribution is 0.146. The topological polar surface area (TPSA) is 33.0 Å². The van der Waals surface area contributed by atoms with Crippen LogP contribution in [0.1, 0.15) is 25.7 Å². The summed E-state index contributed by atoms with van der Waals surface area (Å²) in [5, 5.41) is 0. The summed E-state index contributed by atoms with van der Waals surface area (Å²) in [6.07, 6.45) is 4.36. The second-order valence-electron chi connectivity index (χ2n) is 3.90. The molecule has 1 radical (unpaired) electrons. The minimum absolute atomic E-state index is 0.144. The Morgan fingerprint density at radius 2 is 1.64 bits per heavy atom. The van der Waals surface area contributed by atoms with Crippen LogP contribution in [-0.2, 0) is 0 Å². The van der Waals surface area contributed by atoms with Crippen molar-refractivity contribution in [3.8, 4) is 5.75 Å². The molecule has 0 atom stereocenters. The standard InChI is InChI=1S/C12H16NO/c13-10-6-8-12(9-7-10)14-11-4-2-1-3-5-11/h1-5,10,12-13H,6-9H2. The fraction of sp³-hybridized carbons (Fsp3) is 0.500. The first-order valence-electron chi connectivity index (χ1n) is 5.27. The zero-order chi connectivity index (χ0) is 9.80. The van der Waals surface area contributed by atoms with Crippen LogP contribution in [0.3, 0.4) is 0 Å². The summed E-state index contributed by atoms with van der Waals surface area (Å²) in [5.41, 5.74) is 7.59. The third-order valence-corrected chi connectivity index (χ3v) is 2.72. The van der Waals surface area contributed by atoms with Gasteiger partial charge in [0.25, 0.3) is 0 Å². The molecular weight excluding hydrogens is 174 g/mol. The molecule has 75 valence electrons. The number of nitrogens with one attached hydrogen (secondary N) is 1. The van der Waals surface area contributed by atoms with Gasteiger partial charge in [-0.25, -0.2) is 0 Å². The van der Waals surface area contributed by atoms with Crippen molar-refractivity contribution in [3.05, 3.63) is 30.3 Å². The van der Waals surface area contributed by atoms with Gasteiger partial charge in [0.15, 0.2) is 0 Å². The van der Waals surface area contributed by atoms with Gasteiger partial charge in [-0.3, -0.25) is 5.73 Å². The van der Waals surface area contributed by atoms with Crippen LogP contribution in [-0.4, -0.2) is 12.1 Å². The van der Waals surface area contributed by atoms with E-state index in [-0.39, 0.29) is 6.04 Å². The number of benzene rings is 1. The van der Waals surface area contributed by atoms with E-state index in [9.17, 15) is 0 Å². The van der Waals surface area contributed by atoms with Gasteiger partial charge in [0.1, 0.15) is 5.75 Å². The molecule has 1 aliphatic carbocycles. The first-order valence-corrected chi connectivity index (χ1v) is 5.27. The van der Waals surface area contributed by atoms with Crippen LogP contribution in [0.15, 0.2) is 30.3 Å². The normalized spacial score (nSPS) is 27.2. The van der Waals surface area contributed by atoms with E-state index in [1.54, 1.807) is 0 Å². The Morgan fingerprint density at radius 1 is 1.00 bits per heavy atom. The van der Waals surface area contributed by atoms with Crippen LogP contribution >= 0.6 is 0 Å². The number of hydrogen-bond donors (Lipinski definition) is 0. The Bertz CT molecular complexity index is 265. The number of rotatable bonds is 2. The van der Waals surface area contributed by atoms with Crippen molar-refractivity contribution in [2.24, 2.45) is 0 Å². The Morgan fingerprint density at radius 3 is 2.29 bits per heavy atom. The molecule has 14 heavy (non-hydrogen) atoms. The van der Waals surface area contributed by atoms with E-state index in [4.69, 9.17) is 10.5 Å². The molecule has 2 rings (SSSR count). The van der Waals surface area contributed by atoms with Gasteiger partial charge in [0, 0.05) is 6.04 Å². The highest BCUT2D eigenvalue weighted by Gasteiger charge is 2.19. The summed E-state index contributed by atoms with van der Waals surface area (Å²) < 4.78 is 5.82. The van der Waals surface area contributed by atoms with E-state index in [1.807, 2.05) is 30.3 Å². The lowest BCUT2D eigenvalue weighted by atomic mass is 9.94. The van der Waals surface area contributed by atoms with Crippen molar-refractivity contribution in [3.63, 3.8) is 0 Å². The Kier molecular flexibility index (Phi) is 3.04. The van der Waals surface area contributed by atoms with E-state index in [0.29, 0.717) is 6.10 Å². The molecule has 0 bridgehead atoms. The Balaban J connectivity index is 1.87. The quantitative estimate of drug-likeness (QED) is 0.705. The van der Waals surface area contributed by atoms with Gasteiger partial charge in [-0.05, 0) is 37.8 Å². The third-order valence-electron chi connectivity index (χ3n) is 2.72. The molecule has 1 N–H and O–H groups in total. The van der Waals surface area contributed by atoms with E-state index in [0.717, 1.165) is 31.4 Å². The second kappa shape index (κ2) is 4.47. The van der Waals surface area contributed by atoms with Crippen LogP contribution in [0.5, 0.6) is 5.75 Å². The fourth-order valence-corrected chi connectivity index (χ4v) is 1.87. The monoisotopic (exact) mass is 190 g/mol. The average molecular weight is 190 g/mol. The average Bonchev–Trinajstić information content (AvgIpc) is 2.23. The Hall–Kier alpha value is -1.02. The van der Waals surface area contributed by atoms with Crippen LogP contribution in [0, 0.1) is 0 Å². The molecule has 1 saturated carbocycles. The van der Waals surface area contributed by atoms with Crippen LogP contribution < -0.4 is 10.5 Å². The van der Waals surface area contributed by atoms with Crippen molar-refractivity contribution in [1.82, 2.24) is 5.73 Å². The summed E-state index contributed by atoms with van der Waals surface area (Å²) in [5.74, 6) is 0.959. The molecule has 0 amide bonds. The summed E-state index contributed by atoms with van der Waals surface area (Å²) in [6, 6.07) is 10.1. The highest BCUT2D eigenvalue weighted by Crippen LogP contribution is 2.22. The van der Waals surface area contributed by atoms with E-state index in [1.165, 1.54) is 0 Å². The first-order chi connectivity index (χ1) is 6.84. The summed E-state index contributed by atoms with van der Waals surface area (Å²) >= 11 is 0. The van der Waals surface area contributed by atoms with Gasteiger partial charge in [-0.15, -0.1) is 0 Å². The van der Waals surface area contributed by atoms with Gasteiger partial charge in [-0.2, -0.15) is 0 Å². The fourth-order valence-electron chi connectivity index (χ4n) is 1.87. The molecule has 0 aromatic heterocycles. The Labute approximate surface area is 85.1 Å². The molecule has 0 spiro atoms. The lowest BCUT2D eigenvalue weighted by Gasteiger charge is -2.26. The van der Waals surface area contributed by atoms with Gasteiger partial charge in [0.05, 0.1) is 6.10 Å². The zero-order valence-corrected chi connectivity index (χ0v) is 8.28. The zero-order valence-electron chi connectivity index (χ0n) is 8.28. The predicted octanol–water partition coefficient (Wildman–Crippen LogP) is 2.66. The molecule has 0 saturated heterocycles. The van der Waals surface area contributed by atoms with E-state index >= 15 is 0 Å².